The second kappa shape index (κ2) is 4.82. The molecule has 0 N–H and O–H groups in total. The topological polar surface area (TPSA) is 26.8 Å². The van der Waals surface area contributed by atoms with E-state index in [1.165, 1.54) is 0 Å². The van der Waals surface area contributed by atoms with Gasteiger partial charge in [-0.15, -0.1) is 0 Å². The van der Waals surface area contributed by atoms with Crippen molar-refractivity contribution >= 4 is 5.78 Å². The highest BCUT2D eigenvalue weighted by atomic mass is 16.1. The van der Waals surface area contributed by atoms with Crippen molar-refractivity contribution in [2.75, 3.05) is 42.3 Å². The third kappa shape index (κ3) is 1.90. The second-order valence-corrected chi connectivity index (χ2v) is 5.31. The first-order valence-electron chi connectivity index (χ1n) is 5.89. The molecule has 1 aliphatic carbocycles. The molecule has 1 atom stereocenters. The van der Waals surface area contributed by atoms with Gasteiger partial charge in [0.25, 0.3) is 0 Å². The predicted octanol–water partition coefficient (Wildman–Crippen LogP) is 0.489. The number of nitrogens with zero attached hydrogens (tertiary/aromatic N) is 3. The Balaban J connectivity index is 3.20. The largest absolute Gasteiger partial charge is 0.303 e. The number of carbonyl (C=O) groups excluding carboxylic acids is 1. The molecule has 1 fully saturated rings. The highest BCUT2D eigenvalue weighted by Gasteiger charge is 2.51. The van der Waals surface area contributed by atoms with Crippen LogP contribution < -0.4 is 0 Å². The third-order valence-electron chi connectivity index (χ3n) is 3.74. The number of ketones is 1. The summed E-state index contributed by atoms with van der Waals surface area (Å²) in [5.41, 5.74) is -0.470. The lowest BCUT2D eigenvalue weighted by atomic mass is 9.80. The molecule has 0 amide bonds. The van der Waals surface area contributed by atoms with Crippen molar-refractivity contribution in [3.63, 3.8) is 0 Å². The van der Waals surface area contributed by atoms with Crippen molar-refractivity contribution < 1.29 is 4.79 Å². The van der Waals surface area contributed by atoms with E-state index in [9.17, 15) is 4.79 Å². The molecular weight excluding hydrogens is 202 g/mol. The van der Waals surface area contributed by atoms with Gasteiger partial charge in [-0.1, -0.05) is 0 Å². The lowest BCUT2D eigenvalue weighted by Gasteiger charge is -2.53. The van der Waals surface area contributed by atoms with Crippen molar-refractivity contribution in [1.82, 2.24) is 14.7 Å². The van der Waals surface area contributed by atoms with E-state index < -0.39 is 5.66 Å². The molecule has 1 unspecified atom stereocenters. The lowest BCUT2D eigenvalue weighted by Crippen LogP contribution is -2.71. The maximum Gasteiger partial charge on any atom is 0.169 e. The van der Waals surface area contributed by atoms with E-state index in [-0.39, 0.29) is 6.04 Å². The molecule has 1 aliphatic rings. The fourth-order valence-electron chi connectivity index (χ4n) is 3.14. The van der Waals surface area contributed by atoms with Crippen LogP contribution >= 0.6 is 0 Å². The van der Waals surface area contributed by atoms with Crippen LogP contribution in [-0.2, 0) is 4.79 Å². The number of Topliss-reactive ketones (excluding diaryl/α,β-unsaturated/α-hetero) is 1. The van der Waals surface area contributed by atoms with Gasteiger partial charge in [-0.3, -0.25) is 14.6 Å². The molecule has 0 aromatic heterocycles. The quantitative estimate of drug-likeness (QED) is 0.656. The maximum absolute atomic E-state index is 12.4. The van der Waals surface area contributed by atoms with E-state index >= 15 is 0 Å². The SMILES string of the molecule is CN(C)C1CCCC(=O)C1(N(C)C)N(C)C. The summed E-state index contributed by atoms with van der Waals surface area (Å²) >= 11 is 0. The Hall–Kier alpha value is -0.450. The minimum Gasteiger partial charge on any atom is -0.303 e. The van der Waals surface area contributed by atoms with Gasteiger partial charge in [0.05, 0.1) is 0 Å². The van der Waals surface area contributed by atoms with Gasteiger partial charge in [0.1, 0.15) is 5.66 Å². The van der Waals surface area contributed by atoms with Crippen molar-refractivity contribution in [1.29, 1.82) is 0 Å². The summed E-state index contributed by atoms with van der Waals surface area (Å²) in [5, 5.41) is 0. The van der Waals surface area contributed by atoms with Crippen LogP contribution in [0.25, 0.3) is 0 Å². The van der Waals surface area contributed by atoms with Crippen LogP contribution in [-0.4, -0.2) is 74.5 Å². The lowest BCUT2D eigenvalue weighted by molar-refractivity contribution is -0.153. The molecule has 4 heteroatoms. The van der Waals surface area contributed by atoms with Crippen LogP contribution in [0.4, 0.5) is 0 Å². The van der Waals surface area contributed by atoms with Crippen LogP contribution in [0.5, 0.6) is 0 Å². The van der Waals surface area contributed by atoms with E-state index in [1.807, 2.05) is 28.2 Å². The van der Waals surface area contributed by atoms with Gasteiger partial charge >= 0.3 is 0 Å². The molecule has 94 valence electrons. The van der Waals surface area contributed by atoms with Crippen LogP contribution in [0.2, 0.25) is 0 Å². The van der Waals surface area contributed by atoms with Gasteiger partial charge in [0.15, 0.2) is 5.78 Å². The van der Waals surface area contributed by atoms with E-state index in [1.54, 1.807) is 0 Å². The Morgan fingerprint density at radius 2 is 1.56 bits per heavy atom. The van der Waals surface area contributed by atoms with Gasteiger partial charge in [0, 0.05) is 12.5 Å². The van der Waals surface area contributed by atoms with E-state index in [0.29, 0.717) is 12.2 Å². The molecule has 0 aliphatic heterocycles. The van der Waals surface area contributed by atoms with E-state index in [4.69, 9.17) is 0 Å². The van der Waals surface area contributed by atoms with Gasteiger partial charge in [0.2, 0.25) is 0 Å². The first-order valence-corrected chi connectivity index (χ1v) is 5.89. The number of hydrogen-bond acceptors (Lipinski definition) is 4. The van der Waals surface area contributed by atoms with Crippen molar-refractivity contribution in [2.24, 2.45) is 0 Å². The Labute approximate surface area is 99.2 Å². The fraction of sp³-hybridized carbons (Fsp3) is 0.917. The van der Waals surface area contributed by atoms with Gasteiger partial charge in [-0.25, -0.2) is 0 Å². The first kappa shape index (κ1) is 13.6. The van der Waals surface area contributed by atoms with Crippen LogP contribution in [0.1, 0.15) is 19.3 Å². The minimum atomic E-state index is -0.470. The number of likely N-dealkylation sites (N-methyl/N-ethyl adjacent to an activating group) is 3. The molecule has 0 radical (unpaired) electrons. The summed E-state index contributed by atoms with van der Waals surface area (Å²) in [6, 6.07) is 0.263. The highest BCUT2D eigenvalue weighted by Crippen LogP contribution is 2.33. The zero-order chi connectivity index (χ0) is 12.5. The standard InChI is InChI=1S/C12H25N3O/c1-13(2)10-8-7-9-11(16)12(10,14(3)4)15(5)6/h10H,7-9H2,1-6H3. The molecule has 4 nitrogen and oxygen atoms in total. The number of rotatable bonds is 3. The third-order valence-corrected chi connectivity index (χ3v) is 3.74. The zero-order valence-corrected chi connectivity index (χ0v) is 11.4. The highest BCUT2D eigenvalue weighted by molar-refractivity contribution is 5.89. The average Bonchev–Trinajstić information content (AvgIpc) is 2.15. The predicted molar refractivity (Wildman–Crippen MR) is 66.4 cm³/mol. The number of carbonyl (C=O) groups is 1. The summed E-state index contributed by atoms with van der Waals surface area (Å²) < 4.78 is 0. The second-order valence-electron chi connectivity index (χ2n) is 5.31. The molecule has 0 heterocycles. The fourth-order valence-corrected chi connectivity index (χ4v) is 3.14. The van der Waals surface area contributed by atoms with Crippen LogP contribution in [0.3, 0.4) is 0 Å². The molecule has 0 aromatic rings. The van der Waals surface area contributed by atoms with Gasteiger partial charge in [-0.2, -0.15) is 0 Å². The molecule has 0 aromatic carbocycles. The Kier molecular flexibility index (Phi) is 4.10. The molecule has 0 bridgehead atoms. The van der Waals surface area contributed by atoms with Crippen molar-refractivity contribution in [2.45, 2.75) is 31.0 Å². The molecular formula is C12H25N3O. The Bertz CT molecular complexity index is 253. The van der Waals surface area contributed by atoms with Crippen LogP contribution in [0.15, 0.2) is 0 Å². The Morgan fingerprint density at radius 3 is 1.88 bits per heavy atom. The van der Waals surface area contributed by atoms with Gasteiger partial charge in [-0.05, 0) is 55.1 Å². The van der Waals surface area contributed by atoms with Crippen molar-refractivity contribution in [3.05, 3.63) is 0 Å². The summed E-state index contributed by atoms with van der Waals surface area (Å²) in [6.45, 7) is 0. The van der Waals surface area contributed by atoms with E-state index in [0.717, 1.165) is 12.8 Å². The number of hydrogen-bond donors (Lipinski definition) is 0. The van der Waals surface area contributed by atoms with E-state index in [2.05, 4.69) is 28.8 Å². The molecule has 0 spiro atoms. The monoisotopic (exact) mass is 227 g/mol. The van der Waals surface area contributed by atoms with Gasteiger partial charge < -0.3 is 4.90 Å². The first-order chi connectivity index (χ1) is 7.35. The Morgan fingerprint density at radius 1 is 1.06 bits per heavy atom. The molecule has 0 saturated heterocycles. The normalized spacial score (nSPS) is 25.8. The summed E-state index contributed by atoms with van der Waals surface area (Å²) in [4.78, 5) is 18.7. The van der Waals surface area contributed by atoms with Crippen molar-refractivity contribution in [3.8, 4) is 0 Å². The average molecular weight is 227 g/mol. The summed E-state index contributed by atoms with van der Waals surface area (Å²) in [5.74, 6) is 0.340. The smallest absolute Gasteiger partial charge is 0.169 e. The zero-order valence-electron chi connectivity index (χ0n) is 11.4. The summed E-state index contributed by atoms with van der Waals surface area (Å²) in [6.07, 6.45) is 2.78. The minimum absolute atomic E-state index is 0.263. The van der Waals surface area contributed by atoms with Crippen LogP contribution in [0, 0.1) is 0 Å². The maximum atomic E-state index is 12.4. The molecule has 1 saturated carbocycles. The molecule has 16 heavy (non-hydrogen) atoms. The molecule has 1 rings (SSSR count). The summed E-state index contributed by atoms with van der Waals surface area (Å²) in [7, 11) is 12.1.